The van der Waals surface area contributed by atoms with Crippen molar-refractivity contribution >= 4 is 5.97 Å². The van der Waals surface area contributed by atoms with Gasteiger partial charge in [0.15, 0.2) is 0 Å². The molecule has 0 fully saturated rings. The smallest absolute Gasteiger partial charge is 0.337 e. The van der Waals surface area contributed by atoms with Crippen LogP contribution < -0.4 is 9.47 Å². The zero-order valence-corrected chi connectivity index (χ0v) is 10.6. The van der Waals surface area contributed by atoms with Crippen LogP contribution >= 0.6 is 0 Å². The topological polar surface area (TPSA) is 68.7 Å². The molecule has 0 saturated carbocycles. The highest BCUT2D eigenvalue weighted by Crippen LogP contribution is 2.37. The Kier molecular flexibility index (Phi) is 3.66. The second-order valence-corrected chi connectivity index (χ2v) is 3.80. The number of nitrogens with zero attached hydrogens (tertiary/aromatic N) is 1. The van der Waals surface area contributed by atoms with Gasteiger partial charge in [-0.15, -0.1) is 0 Å². The lowest BCUT2D eigenvalue weighted by Crippen LogP contribution is -1.99. The largest absolute Gasteiger partial charge is 0.496 e. The summed E-state index contributed by atoms with van der Waals surface area (Å²) in [6, 6.07) is 6.90. The van der Waals surface area contributed by atoms with E-state index in [2.05, 4.69) is 4.98 Å². The van der Waals surface area contributed by atoms with Crippen LogP contribution in [0.2, 0.25) is 0 Å². The number of rotatable bonds is 4. The predicted octanol–water partition coefficient (Wildman–Crippen LogP) is 2.46. The number of hydrogen-bond acceptors (Lipinski definition) is 4. The van der Waals surface area contributed by atoms with Gasteiger partial charge < -0.3 is 14.6 Å². The van der Waals surface area contributed by atoms with Gasteiger partial charge >= 0.3 is 5.97 Å². The molecule has 0 radical (unpaired) electrons. The van der Waals surface area contributed by atoms with Crippen molar-refractivity contribution in [1.29, 1.82) is 0 Å². The number of aromatic carboxylic acids is 1. The van der Waals surface area contributed by atoms with Crippen LogP contribution in [0.15, 0.2) is 36.7 Å². The maximum absolute atomic E-state index is 11.0. The van der Waals surface area contributed by atoms with Gasteiger partial charge in [-0.3, -0.25) is 4.98 Å². The third-order valence-corrected chi connectivity index (χ3v) is 2.70. The van der Waals surface area contributed by atoms with Crippen molar-refractivity contribution in [2.45, 2.75) is 0 Å². The molecule has 98 valence electrons. The zero-order valence-electron chi connectivity index (χ0n) is 10.6. The van der Waals surface area contributed by atoms with Gasteiger partial charge in [-0.05, 0) is 18.2 Å². The van der Waals surface area contributed by atoms with Gasteiger partial charge in [0.05, 0.1) is 25.3 Å². The number of ether oxygens (including phenoxy) is 2. The van der Waals surface area contributed by atoms with Crippen LogP contribution in [0.1, 0.15) is 10.4 Å². The lowest BCUT2D eigenvalue weighted by atomic mass is 10.0. The minimum absolute atomic E-state index is 0.116. The van der Waals surface area contributed by atoms with Gasteiger partial charge in [0, 0.05) is 18.0 Å². The molecule has 0 saturated heterocycles. The average molecular weight is 259 g/mol. The Labute approximate surface area is 110 Å². The number of pyridine rings is 1. The molecule has 0 aliphatic rings. The van der Waals surface area contributed by atoms with Crippen LogP contribution in [0.4, 0.5) is 0 Å². The van der Waals surface area contributed by atoms with E-state index in [1.807, 2.05) is 0 Å². The first-order chi connectivity index (χ1) is 9.17. The van der Waals surface area contributed by atoms with Crippen LogP contribution in [-0.4, -0.2) is 30.3 Å². The first-order valence-corrected chi connectivity index (χ1v) is 5.57. The molecule has 1 aromatic carbocycles. The van der Waals surface area contributed by atoms with E-state index in [-0.39, 0.29) is 5.56 Å². The zero-order chi connectivity index (χ0) is 13.8. The molecule has 5 heteroatoms. The highest BCUT2D eigenvalue weighted by Gasteiger charge is 2.14. The summed E-state index contributed by atoms with van der Waals surface area (Å²) in [5.74, 6) is 0.176. The summed E-state index contributed by atoms with van der Waals surface area (Å²) in [7, 11) is 3.10. The SMILES string of the molecule is COc1cccc(OC)c1-c1cncc(C(=O)O)c1. The van der Waals surface area contributed by atoms with Gasteiger partial charge in [-0.25, -0.2) is 4.79 Å². The fraction of sp³-hybridized carbons (Fsp3) is 0.143. The second-order valence-electron chi connectivity index (χ2n) is 3.80. The summed E-state index contributed by atoms with van der Waals surface area (Å²) in [6.07, 6.45) is 2.88. The van der Waals surface area contributed by atoms with Crippen molar-refractivity contribution in [3.8, 4) is 22.6 Å². The van der Waals surface area contributed by atoms with Gasteiger partial charge in [0.2, 0.25) is 0 Å². The van der Waals surface area contributed by atoms with Crippen molar-refractivity contribution in [2.24, 2.45) is 0 Å². The van der Waals surface area contributed by atoms with E-state index >= 15 is 0 Å². The Morgan fingerprint density at radius 2 is 1.79 bits per heavy atom. The molecule has 0 spiro atoms. The number of carbonyl (C=O) groups is 1. The molecule has 0 aliphatic heterocycles. The summed E-state index contributed by atoms with van der Waals surface area (Å²) in [6.45, 7) is 0. The summed E-state index contributed by atoms with van der Waals surface area (Å²) >= 11 is 0. The number of aromatic nitrogens is 1. The number of methoxy groups -OCH3 is 2. The van der Waals surface area contributed by atoms with E-state index in [1.54, 1.807) is 38.6 Å². The first kappa shape index (κ1) is 12.9. The maximum atomic E-state index is 11.0. The summed E-state index contributed by atoms with van der Waals surface area (Å²) < 4.78 is 10.6. The van der Waals surface area contributed by atoms with Gasteiger partial charge in [-0.2, -0.15) is 0 Å². The Bertz CT molecular complexity index is 588. The third kappa shape index (κ3) is 2.49. The van der Waals surface area contributed by atoms with Crippen LogP contribution in [0.25, 0.3) is 11.1 Å². The number of hydrogen-bond donors (Lipinski definition) is 1. The molecule has 0 aliphatic carbocycles. The second kappa shape index (κ2) is 5.39. The molecule has 0 amide bonds. The lowest BCUT2D eigenvalue weighted by molar-refractivity contribution is 0.0696. The Balaban J connectivity index is 2.63. The first-order valence-electron chi connectivity index (χ1n) is 5.57. The predicted molar refractivity (Wildman–Crippen MR) is 69.7 cm³/mol. The summed E-state index contributed by atoms with van der Waals surface area (Å²) in [4.78, 5) is 14.9. The normalized spacial score (nSPS) is 10.0. The van der Waals surface area contributed by atoms with Crippen LogP contribution in [0.3, 0.4) is 0 Å². The molecular weight excluding hydrogens is 246 g/mol. The summed E-state index contributed by atoms with van der Waals surface area (Å²) in [5.41, 5.74) is 1.43. The van der Waals surface area contributed by atoms with E-state index in [4.69, 9.17) is 14.6 Å². The van der Waals surface area contributed by atoms with Crippen LogP contribution in [0.5, 0.6) is 11.5 Å². The van der Waals surface area contributed by atoms with E-state index < -0.39 is 5.97 Å². The molecule has 2 rings (SSSR count). The van der Waals surface area contributed by atoms with Crippen molar-refractivity contribution in [1.82, 2.24) is 4.98 Å². The summed E-state index contributed by atoms with van der Waals surface area (Å²) in [5, 5.41) is 9.01. The van der Waals surface area contributed by atoms with Crippen LogP contribution in [0, 0.1) is 0 Å². The molecule has 1 heterocycles. The van der Waals surface area contributed by atoms with E-state index in [0.717, 1.165) is 0 Å². The Hall–Kier alpha value is -2.56. The standard InChI is InChI=1S/C14H13NO4/c1-18-11-4-3-5-12(19-2)13(11)9-6-10(14(16)17)8-15-7-9/h3-8H,1-2H3,(H,16,17). The molecule has 1 N–H and O–H groups in total. The molecule has 2 aromatic rings. The van der Waals surface area contributed by atoms with Crippen molar-refractivity contribution in [3.63, 3.8) is 0 Å². The number of benzene rings is 1. The fourth-order valence-electron chi connectivity index (χ4n) is 1.83. The number of carboxylic acids is 1. The van der Waals surface area contributed by atoms with E-state index in [0.29, 0.717) is 22.6 Å². The van der Waals surface area contributed by atoms with Crippen LogP contribution in [-0.2, 0) is 0 Å². The molecule has 19 heavy (non-hydrogen) atoms. The highest BCUT2D eigenvalue weighted by atomic mass is 16.5. The molecule has 0 unspecified atom stereocenters. The van der Waals surface area contributed by atoms with Gasteiger partial charge in [0.1, 0.15) is 11.5 Å². The molecule has 1 aromatic heterocycles. The van der Waals surface area contributed by atoms with Crippen molar-refractivity contribution in [3.05, 3.63) is 42.2 Å². The minimum Gasteiger partial charge on any atom is -0.496 e. The highest BCUT2D eigenvalue weighted by molar-refractivity contribution is 5.89. The minimum atomic E-state index is -1.02. The Morgan fingerprint density at radius 3 is 2.32 bits per heavy atom. The van der Waals surface area contributed by atoms with E-state index in [9.17, 15) is 4.79 Å². The monoisotopic (exact) mass is 259 g/mol. The van der Waals surface area contributed by atoms with Crippen molar-refractivity contribution in [2.75, 3.05) is 14.2 Å². The molecule has 0 atom stereocenters. The van der Waals surface area contributed by atoms with Gasteiger partial charge in [0.25, 0.3) is 0 Å². The molecule has 0 bridgehead atoms. The lowest BCUT2D eigenvalue weighted by Gasteiger charge is -2.13. The fourth-order valence-corrected chi connectivity index (χ4v) is 1.83. The molecule has 5 nitrogen and oxygen atoms in total. The molecular formula is C14H13NO4. The van der Waals surface area contributed by atoms with E-state index in [1.165, 1.54) is 12.3 Å². The average Bonchev–Trinajstić information content (AvgIpc) is 2.46. The maximum Gasteiger partial charge on any atom is 0.337 e. The number of carboxylic acid groups (broad SMARTS) is 1. The van der Waals surface area contributed by atoms with Crippen molar-refractivity contribution < 1.29 is 19.4 Å². The Morgan fingerprint density at radius 1 is 1.16 bits per heavy atom. The third-order valence-electron chi connectivity index (χ3n) is 2.70. The van der Waals surface area contributed by atoms with Gasteiger partial charge in [-0.1, -0.05) is 6.07 Å². The quantitative estimate of drug-likeness (QED) is 0.913.